The Labute approximate surface area is 121 Å². The fourth-order valence-electron chi connectivity index (χ4n) is 2.10. The lowest BCUT2D eigenvalue weighted by Gasteiger charge is -2.34. The van der Waals surface area contributed by atoms with Gasteiger partial charge in [-0.25, -0.2) is 4.79 Å². The Balaban J connectivity index is 3.15. The Hall–Kier alpha value is -1.43. The number of rotatable bonds is 7. The lowest BCUT2D eigenvalue weighted by atomic mass is 10.4. The highest BCUT2D eigenvalue weighted by molar-refractivity contribution is 6.82. The van der Waals surface area contributed by atoms with Crippen molar-refractivity contribution in [3.05, 3.63) is 42.5 Å². The van der Waals surface area contributed by atoms with Crippen LogP contribution in [0.1, 0.15) is 20.3 Å². The second-order valence-electron chi connectivity index (χ2n) is 4.52. The van der Waals surface area contributed by atoms with Crippen LogP contribution in [-0.4, -0.2) is 34.5 Å². The van der Waals surface area contributed by atoms with Crippen LogP contribution in [0, 0.1) is 0 Å². The van der Waals surface area contributed by atoms with Crippen LogP contribution in [0.4, 0.5) is 0 Å². The van der Waals surface area contributed by atoms with Gasteiger partial charge in [-0.3, -0.25) is 0 Å². The minimum Gasteiger partial charge on any atom is -0.457 e. The molecule has 0 saturated carbocycles. The highest BCUT2D eigenvalue weighted by Gasteiger charge is 2.48. The number of hydrogen-bond donors (Lipinski definition) is 0. The lowest BCUT2D eigenvalue weighted by molar-refractivity contribution is -0.142. The van der Waals surface area contributed by atoms with Crippen LogP contribution in [0.3, 0.4) is 0 Å². The van der Waals surface area contributed by atoms with Gasteiger partial charge in [0.1, 0.15) is 5.73 Å². The predicted molar refractivity (Wildman–Crippen MR) is 80.8 cm³/mol. The predicted octanol–water partition coefficient (Wildman–Crippen LogP) is 2.07. The van der Waals surface area contributed by atoms with Crippen molar-refractivity contribution in [3.8, 4) is 0 Å². The Morgan fingerprint density at radius 2 is 1.80 bits per heavy atom. The number of ether oxygens (including phenoxy) is 1. The van der Waals surface area contributed by atoms with Crippen molar-refractivity contribution in [3.63, 3.8) is 0 Å². The van der Waals surface area contributed by atoms with E-state index in [1.165, 1.54) is 0 Å². The number of esters is 1. The average Bonchev–Trinajstić information content (AvgIpc) is 2.48. The molecule has 0 heterocycles. The molecular weight excluding hydrogens is 272 g/mol. The van der Waals surface area contributed by atoms with E-state index in [4.69, 9.17) is 13.6 Å². The Morgan fingerprint density at radius 1 is 1.25 bits per heavy atom. The summed E-state index contributed by atoms with van der Waals surface area (Å²) in [4.78, 5) is 11.8. The van der Waals surface area contributed by atoms with Crippen LogP contribution < -0.4 is 5.19 Å². The molecule has 0 fully saturated rings. The molecule has 0 saturated heterocycles. The van der Waals surface area contributed by atoms with E-state index in [1.807, 2.05) is 37.3 Å². The van der Waals surface area contributed by atoms with E-state index in [0.29, 0.717) is 12.0 Å². The summed E-state index contributed by atoms with van der Waals surface area (Å²) in [6.07, 6.45) is 0.613. The first-order chi connectivity index (χ1) is 9.51. The van der Waals surface area contributed by atoms with E-state index in [-0.39, 0.29) is 0 Å². The van der Waals surface area contributed by atoms with Gasteiger partial charge in [0.2, 0.25) is 0 Å². The molecule has 0 bridgehead atoms. The summed E-state index contributed by atoms with van der Waals surface area (Å²) >= 11 is 0. The molecule has 0 amide bonds. The van der Waals surface area contributed by atoms with Crippen LogP contribution in [0.15, 0.2) is 42.5 Å². The van der Waals surface area contributed by atoms with Crippen molar-refractivity contribution >= 4 is 19.7 Å². The van der Waals surface area contributed by atoms with Crippen LogP contribution in [0.25, 0.3) is 0 Å². The quantitative estimate of drug-likeness (QED) is 0.439. The number of benzene rings is 1. The molecule has 110 valence electrons. The van der Waals surface area contributed by atoms with Crippen LogP contribution in [0.2, 0.25) is 0 Å². The van der Waals surface area contributed by atoms with Gasteiger partial charge in [-0.1, -0.05) is 43.8 Å². The van der Waals surface area contributed by atoms with Crippen LogP contribution >= 0.6 is 0 Å². The first-order valence-corrected chi connectivity index (χ1v) is 8.43. The van der Waals surface area contributed by atoms with Gasteiger partial charge in [0.05, 0.1) is 0 Å². The van der Waals surface area contributed by atoms with Gasteiger partial charge in [-0.05, 0) is 18.5 Å². The van der Waals surface area contributed by atoms with Gasteiger partial charge < -0.3 is 13.6 Å². The zero-order valence-electron chi connectivity index (χ0n) is 12.5. The summed E-state index contributed by atoms with van der Waals surface area (Å²) < 4.78 is 17.0. The minimum atomic E-state index is -2.84. The average molecular weight is 294 g/mol. The third kappa shape index (κ3) is 3.36. The van der Waals surface area contributed by atoms with Crippen molar-refractivity contribution < 1.29 is 18.4 Å². The molecule has 1 aromatic rings. The standard InChI is InChI=1S/C15H22O4Si/c1-6-14(19-15(16)12(2)3)20(17-4,18-5)13-10-8-7-9-11-13/h7-11,14H,2,6H2,1,3-5H3. The molecule has 0 aliphatic rings. The molecular formula is C15H22O4Si. The van der Waals surface area contributed by atoms with Gasteiger partial charge in [-0.2, -0.15) is 0 Å². The highest BCUT2D eigenvalue weighted by Crippen LogP contribution is 2.19. The molecule has 0 radical (unpaired) electrons. The van der Waals surface area contributed by atoms with Crippen molar-refractivity contribution in [2.45, 2.75) is 26.0 Å². The molecule has 5 heteroatoms. The van der Waals surface area contributed by atoms with Crippen molar-refractivity contribution in [1.82, 2.24) is 0 Å². The molecule has 20 heavy (non-hydrogen) atoms. The molecule has 4 nitrogen and oxygen atoms in total. The normalized spacial score (nSPS) is 12.8. The maximum absolute atomic E-state index is 11.8. The SMILES string of the molecule is C=C(C)C(=O)OC(CC)[Si](OC)(OC)c1ccccc1. The van der Waals surface area contributed by atoms with Gasteiger partial charge in [0.25, 0.3) is 0 Å². The van der Waals surface area contributed by atoms with Crippen molar-refractivity contribution in [2.75, 3.05) is 14.2 Å². The minimum absolute atomic E-state index is 0.367. The monoisotopic (exact) mass is 294 g/mol. The maximum atomic E-state index is 11.8. The second-order valence-corrected chi connectivity index (χ2v) is 7.90. The maximum Gasteiger partial charge on any atom is 0.414 e. The molecule has 1 unspecified atom stereocenters. The summed E-state index contributed by atoms with van der Waals surface area (Å²) in [5.74, 6) is -0.418. The fourth-order valence-corrected chi connectivity index (χ4v) is 5.09. The Kier molecular flexibility index (Phi) is 6.13. The molecule has 0 aliphatic heterocycles. The molecule has 0 aromatic heterocycles. The van der Waals surface area contributed by atoms with E-state index >= 15 is 0 Å². The van der Waals surface area contributed by atoms with Gasteiger partial charge in [-0.15, -0.1) is 0 Å². The number of hydrogen-bond acceptors (Lipinski definition) is 4. The first-order valence-electron chi connectivity index (χ1n) is 6.54. The third-order valence-corrected chi connectivity index (χ3v) is 6.90. The summed E-state index contributed by atoms with van der Waals surface area (Å²) in [7, 11) is 0.353. The molecule has 0 aliphatic carbocycles. The smallest absolute Gasteiger partial charge is 0.414 e. The van der Waals surface area contributed by atoms with Crippen molar-refractivity contribution in [2.24, 2.45) is 0 Å². The Morgan fingerprint density at radius 3 is 2.20 bits per heavy atom. The Bertz CT molecular complexity index is 454. The van der Waals surface area contributed by atoms with Crippen LogP contribution in [0.5, 0.6) is 0 Å². The zero-order valence-corrected chi connectivity index (χ0v) is 13.5. The van der Waals surface area contributed by atoms with Gasteiger partial charge >= 0.3 is 14.5 Å². The number of carbonyl (C=O) groups is 1. The zero-order chi connectivity index (χ0) is 15.2. The van der Waals surface area contributed by atoms with Gasteiger partial charge in [0, 0.05) is 19.8 Å². The van der Waals surface area contributed by atoms with E-state index < -0.39 is 20.3 Å². The molecule has 0 N–H and O–H groups in total. The van der Waals surface area contributed by atoms with E-state index in [2.05, 4.69) is 6.58 Å². The van der Waals surface area contributed by atoms with E-state index in [9.17, 15) is 4.79 Å². The fraction of sp³-hybridized carbons (Fsp3) is 0.400. The van der Waals surface area contributed by atoms with Crippen LogP contribution in [-0.2, 0) is 18.4 Å². The highest BCUT2D eigenvalue weighted by atomic mass is 28.4. The molecule has 1 aromatic carbocycles. The first kappa shape index (κ1) is 16.6. The molecule has 1 rings (SSSR count). The van der Waals surface area contributed by atoms with E-state index in [1.54, 1.807) is 21.1 Å². The molecule has 1 atom stereocenters. The summed E-state index contributed by atoms with van der Waals surface area (Å²) in [5, 5.41) is 0.936. The largest absolute Gasteiger partial charge is 0.457 e. The van der Waals surface area contributed by atoms with Gasteiger partial charge in [0.15, 0.2) is 0 Å². The third-order valence-electron chi connectivity index (χ3n) is 3.18. The second kappa shape index (κ2) is 7.38. The lowest BCUT2D eigenvalue weighted by Crippen LogP contribution is -2.63. The topological polar surface area (TPSA) is 44.8 Å². The van der Waals surface area contributed by atoms with Crippen molar-refractivity contribution in [1.29, 1.82) is 0 Å². The summed E-state index contributed by atoms with van der Waals surface area (Å²) in [6.45, 7) is 7.18. The van der Waals surface area contributed by atoms with E-state index in [0.717, 1.165) is 5.19 Å². The number of carbonyl (C=O) groups excluding carboxylic acids is 1. The summed E-state index contributed by atoms with van der Waals surface area (Å²) in [5.41, 5.74) is -0.0595. The molecule has 0 spiro atoms. The summed E-state index contributed by atoms with van der Waals surface area (Å²) in [6, 6.07) is 9.65.